The number of urea groups is 1. The van der Waals surface area contributed by atoms with E-state index in [0.29, 0.717) is 6.54 Å². The minimum atomic E-state index is -0.585. The fourth-order valence-corrected chi connectivity index (χ4v) is 1.05. The third-order valence-electron chi connectivity index (χ3n) is 1.64. The molecule has 1 atom stereocenters. The van der Waals surface area contributed by atoms with Crippen LogP contribution in [0.4, 0.5) is 4.79 Å². The van der Waals surface area contributed by atoms with Gasteiger partial charge in [-0.05, 0) is 0 Å². The van der Waals surface area contributed by atoms with Crippen molar-refractivity contribution in [3.05, 3.63) is 0 Å². The molecule has 0 spiro atoms. The summed E-state index contributed by atoms with van der Waals surface area (Å²) in [6, 6.07) is -0.427. The van der Waals surface area contributed by atoms with Gasteiger partial charge in [-0.1, -0.05) is 0 Å². The molecule has 0 aromatic rings. The Morgan fingerprint density at radius 2 is 2.50 bits per heavy atom. The molecular weight excluding hydrogens is 134 g/mol. The van der Waals surface area contributed by atoms with Crippen LogP contribution in [0.1, 0.15) is 0 Å². The van der Waals surface area contributed by atoms with Crippen molar-refractivity contribution in [2.75, 3.05) is 6.54 Å². The van der Waals surface area contributed by atoms with Crippen LogP contribution in [0.5, 0.6) is 0 Å². The molecule has 10 heavy (non-hydrogen) atoms. The van der Waals surface area contributed by atoms with E-state index in [1.807, 2.05) is 0 Å². The molecule has 2 N–H and O–H groups in total. The average Bonchev–Trinajstić information content (AvgIpc) is 2.55. The highest BCUT2D eigenvalue weighted by atomic mass is 16.2. The molecule has 2 rings (SSSR count). The molecule has 5 heteroatoms. The van der Waals surface area contributed by atoms with Gasteiger partial charge in [-0.3, -0.25) is 4.79 Å². The second-order valence-electron chi connectivity index (χ2n) is 2.31. The Labute approximate surface area is 56.5 Å². The Morgan fingerprint density at radius 1 is 1.80 bits per heavy atom. The molecule has 2 aliphatic heterocycles. The van der Waals surface area contributed by atoms with Crippen LogP contribution in [0.3, 0.4) is 0 Å². The van der Waals surface area contributed by atoms with Gasteiger partial charge in [0.1, 0.15) is 5.71 Å². The normalized spacial score (nSPS) is 28.0. The summed E-state index contributed by atoms with van der Waals surface area (Å²) in [7, 11) is 0. The van der Waals surface area contributed by atoms with E-state index < -0.39 is 5.91 Å². The minimum absolute atomic E-state index is 0.0926. The molecule has 5 nitrogen and oxygen atoms in total. The standard InChI is InChI=1S/C5H5N3O2/c6-4(9)3-2-1-8(2)5(10)7-3/h2H,1H2,(H2,6,9). The fourth-order valence-electron chi connectivity index (χ4n) is 1.05. The maximum Gasteiger partial charge on any atom is 0.344 e. The zero-order chi connectivity index (χ0) is 7.30. The van der Waals surface area contributed by atoms with Gasteiger partial charge in [-0.2, -0.15) is 4.99 Å². The van der Waals surface area contributed by atoms with E-state index in [1.54, 1.807) is 0 Å². The number of primary amides is 1. The summed E-state index contributed by atoms with van der Waals surface area (Å²) in [5.74, 6) is -0.585. The van der Waals surface area contributed by atoms with Crippen molar-refractivity contribution < 1.29 is 9.59 Å². The number of aliphatic imine (C=N–C) groups is 1. The molecule has 52 valence electrons. The molecule has 0 radical (unpaired) electrons. The lowest BCUT2D eigenvalue weighted by Crippen LogP contribution is -2.26. The van der Waals surface area contributed by atoms with Gasteiger partial charge in [0.15, 0.2) is 0 Å². The van der Waals surface area contributed by atoms with Crippen molar-refractivity contribution >= 4 is 17.6 Å². The molecule has 1 saturated heterocycles. The molecule has 0 aromatic carbocycles. The maximum atomic E-state index is 10.7. The van der Waals surface area contributed by atoms with Crippen molar-refractivity contribution in [3.63, 3.8) is 0 Å². The summed E-state index contributed by atoms with van der Waals surface area (Å²) in [5.41, 5.74) is 5.14. The molecule has 2 heterocycles. The van der Waals surface area contributed by atoms with Gasteiger partial charge in [-0.25, -0.2) is 4.79 Å². The van der Waals surface area contributed by atoms with Gasteiger partial charge >= 0.3 is 6.03 Å². The number of amides is 3. The average molecular weight is 139 g/mol. The van der Waals surface area contributed by atoms with Gasteiger partial charge in [0, 0.05) is 6.54 Å². The van der Waals surface area contributed by atoms with Crippen LogP contribution in [0.25, 0.3) is 0 Å². The van der Waals surface area contributed by atoms with E-state index in [2.05, 4.69) is 4.99 Å². The summed E-state index contributed by atoms with van der Waals surface area (Å²) in [4.78, 5) is 26.1. The maximum absolute atomic E-state index is 10.7. The smallest absolute Gasteiger partial charge is 0.344 e. The van der Waals surface area contributed by atoms with Gasteiger partial charge in [0.2, 0.25) is 0 Å². The topological polar surface area (TPSA) is 75.5 Å². The second-order valence-corrected chi connectivity index (χ2v) is 2.31. The van der Waals surface area contributed by atoms with Crippen molar-refractivity contribution in [1.29, 1.82) is 0 Å². The summed E-state index contributed by atoms with van der Waals surface area (Å²) in [5, 5.41) is 0. The Kier molecular flexibility index (Phi) is 0.737. The number of rotatable bonds is 1. The third-order valence-corrected chi connectivity index (χ3v) is 1.64. The number of hydrogen-bond acceptors (Lipinski definition) is 2. The van der Waals surface area contributed by atoms with Crippen molar-refractivity contribution in [1.82, 2.24) is 4.90 Å². The van der Waals surface area contributed by atoms with Gasteiger partial charge in [-0.15, -0.1) is 0 Å². The molecule has 1 fully saturated rings. The summed E-state index contributed by atoms with van der Waals surface area (Å²) < 4.78 is 0. The first-order valence-corrected chi connectivity index (χ1v) is 2.89. The number of carbonyl (C=O) groups is 2. The SMILES string of the molecule is NC(=O)C1=NC(=O)N2CC12. The van der Waals surface area contributed by atoms with E-state index >= 15 is 0 Å². The molecule has 0 aromatic heterocycles. The first-order valence-electron chi connectivity index (χ1n) is 2.89. The predicted octanol–water partition coefficient (Wildman–Crippen LogP) is -1.27. The molecule has 1 unspecified atom stereocenters. The number of fused-ring (bicyclic) bond motifs is 1. The van der Waals surface area contributed by atoms with Gasteiger partial charge < -0.3 is 10.6 Å². The van der Waals surface area contributed by atoms with Crippen LogP contribution in [-0.2, 0) is 4.79 Å². The Bertz CT molecular complexity index is 258. The number of nitrogens with zero attached hydrogens (tertiary/aromatic N) is 2. The third kappa shape index (κ3) is 0.490. The van der Waals surface area contributed by atoms with Gasteiger partial charge in [0.25, 0.3) is 5.91 Å². The molecule has 0 saturated carbocycles. The number of nitrogens with two attached hydrogens (primary N) is 1. The summed E-state index contributed by atoms with van der Waals surface area (Å²) >= 11 is 0. The number of hydrogen-bond donors (Lipinski definition) is 1. The Hall–Kier alpha value is -1.39. The molecule has 0 bridgehead atoms. The zero-order valence-electron chi connectivity index (χ0n) is 5.07. The van der Waals surface area contributed by atoms with Crippen LogP contribution >= 0.6 is 0 Å². The molecule has 3 amide bonds. The van der Waals surface area contributed by atoms with Crippen LogP contribution in [-0.4, -0.2) is 35.1 Å². The summed E-state index contributed by atoms with van der Waals surface area (Å²) in [6.45, 7) is 0.612. The first kappa shape index (κ1) is 5.40. The molecule has 2 aliphatic rings. The highest BCUT2D eigenvalue weighted by Crippen LogP contribution is 2.25. The highest BCUT2D eigenvalue weighted by Gasteiger charge is 2.49. The lowest BCUT2D eigenvalue weighted by atomic mass is 10.3. The van der Waals surface area contributed by atoms with Crippen molar-refractivity contribution in [2.24, 2.45) is 10.7 Å². The van der Waals surface area contributed by atoms with E-state index in [9.17, 15) is 9.59 Å². The van der Waals surface area contributed by atoms with E-state index in [0.717, 1.165) is 0 Å². The minimum Gasteiger partial charge on any atom is -0.364 e. The van der Waals surface area contributed by atoms with Crippen molar-refractivity contribution in [2.45, 2.75) is 6.04 Å². The lowest BCUT2D eigenvalue weighted by Gasteiger charge is -1.86. The Morgan fingerprint density at radius 3 is 2.70 bits per heavy atom. The summed E-state index contributed by atoms with van der Waals surface area (Å²) in [6.07, 6.45) is 0. The van der Waals surface area contributed by atoms with E-state index in [1.165, 1.54) is 4.90 Å². The predicted molar refractivity (Wildman–Crippen MR) is 32.5 cm³/mol. The monoisotopic (exact) mass is 139 g/mol. The zero-order valence-corrected chi connectivity index (χ0v) is 5.07. The highest BCUT2D eigenvalue weighted by molar-refractivity contribution is 6.44. The fraction of sp³-hybridized carbons (Fsp3) is 0.400. The van der Waals surface area contributed by atoms with E-state index in [4.69, 9.17) is 5.73 Å². The van der Waals surface area contributed by atoms with Crippen LogP contribution in [0.15, 0.2) is 4.99 Å². The Balaban J connectivity index is 2.32. The van der Waals surface area contributed by atoms with E-state index in [-0.39, 0.29) is 17.8 Å². The first-order chi connectivity index (χ1) is 4.70. The van der Waals surface area contributed by atoms with Gasteiger partial charge in [0.05, 0.1) is 6.04 Å². The molecule has 0 aliphatic carbocycles. The quantitative estimate of drug-likeness (QED) is 0.460. The van der Waals surface area contributed by atoms with Crippen LogP contribution in [0.2, 0.25) is 0 Å². The lowest BCUT2D eigenvalue weighted by molar-refractivity contribution is -0.112. The molecular formula is C5H5N3O2. The van der Waals surface area contributed by atoms with Crippen molar-refractivity contribution in [3.8, 4) is 0 Å². The largest absolute Gasteiger partial charge is 0.364 e. The number of carbonyl (C=O) groups excluding carboxylic acids is 2. The van der Waals surface area contributed by atoms with Crippen LogP contribution in [0, 0.1) is 0 Å². The second kappa shape index (κ2) is 1.36. The van der Waals surface area contributed by atoms with Crippen LogP contribution < -0.4 is 5.73 Å².